The molecule has 0 aromatic heterocycles. The minimum Gasteiger partial charge on any atom is -0.373 e. The van der Waals surface area contributed by atoms with Crippen molar-refractivity contribution in [3.05, 3.63) is 12.7 Å². The average Bonchev–Trinajstić information content (AvgIpc) is 2.80. The maximum absolute atomic E-state index is 12.4. The smallest absolute Gasteiger partial charge is 0.226 e. The van der Waals surface area contributed by atoms with Gasteiger partial charge in [0.25, 0.3) is 0 Å². The highest BCUT2D eigenvalue weighted by atomic mass is 16.5. The predicted molar refractivity (Wildman–Crippen MR) is 73.8 cm³/mol. The van der Waals surface area contributed by atoms with E-state index in [1.54, 1.807) is 6.08 Å². The van der Waals surface area contributed by atoms with E-state index in [9.17, 15) is 4.79 Å². The summed E-state index contributed by atoms with van der Waals surface area (Å²) in [5.41, 5.74) is -0.520. The highest BCUT2D eigenvalue weighted by molar-refractivity contribution is 5.80. The van der Waals surface area contributed by atoms with Crippen LogP contribution >= 0.6 is 0 Å². The van der Waals surface area contributed by atoms with Crippen LogP contribution < -0.4 is 5.32 Å². The van der Waals surface area contributed by atoms with Crippen molar-refractivity contribution >= 4 is 5.91 Å². The normalized spacial score (nSPS) is 36.1. The molecule has 1 amide bonds. The van der Waals surface area contributed by atoms with Crippen molar-refractivity contribution in [2.24, 2.45) is 5.92 Å². The molecule has 0 aliphatic carbocycles. The van der Waals surface area contributed by atoms with Crippen LogP contribution in [0.1, 0.15) is 40.5 Å². The average molecular weight is 267 g/mol. The molecule has 0 aromatic rings. The van der Waals surface area contributed by atoms with E-state index in [2.05, 4.69) is 25.7 Å². The molecule has 2 aliphatic heterocycles. The van der Waals surface area contributed by atoms with Gasteiger partial charge >= 0.3 is 0 Å². The van der Waals surface area contributed by atoms with Crippen molar-refractivity contribution in [3.8, 4) is 0 Å². The Balaban J connectivity index is 2.01. The van der Waals surface area contributed by atoms with Crippen molar-refractivity contribution < 1.29 is 14.3 Å². The fourth-order valence-electron chi connectivity index (χ4n) is 3.19. The summed E-state index contributed by atoms with van der Waals surface area (Å²) in [7, 11) is 0. The highest BCUT2D eigenvalue weighted by Crippen LogP contribution is 2.37. The third kappa shape index (κ3) is 3.00. The first-order valence-corrected chi connectivity index (χ1v) is 7.00. The van der Waals surface area contributed by atoms with Crippen molar-refractivity contribution in [2.75, 3.05) is 6.61 Å². The predicted octanol–water partition coefficient (Wildman–Crippen LogP) is 2.04. The van der Waals surface area contributed by atoms with Crippen LogP contribution in [0, 0.1) is 5.92 Å². The lowest BCUT2D eigenvalue weighted by Gasteiger charge is -2.28. The van der Waals surface area contributed by atoms with E-state index in [0.717, 1.165) is 12.8 Å². The Morgan fingerprint density at radius 2 is 2.05 bits per heavy atom. The lowest BCUT2D eigenvalue weighted by Crippen LogP contribution is -2.49. The lowest BCUT2D eigenvalue weighted by atomic mass is 9.92. The molecule has 0 bridgehead atoms. The molecule has 4 nitrogen and oxygen atoms in total. The summed E-state index contributed by atoms with van der Waals surface area (Å²) in [6.07, 6.45) is 3.16. The van der Waals surface area contributed by atoms with Gasteiger partial charge in [0, 0.05) is 6.61 Å². The van der Waals surface area contributed by atoms with Crippen LogP contribution in [0.3, 0.4) is 0 Å². The number of nitrogens with one attached hydrogen (secondary N) is 1. The van der Waals surface area contributed by atoms with E-state index in [4.69, 9.17) is 9.47 Å². The third-order valence-corrected chi connectivity index (χ3v) is 4.10. The summed E-state index contributed by atoms with van der Waals surface area (Å²) in [5, 5.41) is 3.14. The van der Waals surface area contributed by atoms with Crippen LogP contribution in [0.5, 0.6) is 0 Å². The first kappa shape index (κ1) is 14.5. The zero-order valence-corrected chi connectivity index (χ0v) is 12.4. The molecule has 0 aromatic carbocycles. The molecule has 19 heavy (non-hydrogen) atoms. The van der Waals surface area contributed by atoms with Gasteiger partial charge in [-0.2, -0.15) is 0 Å². The molecular weight excluding hydrogens is 242 g/mol. The molecule has 0 saturated carbocycles. The van der Waals surface area contributed by atoms with Crippen LogP contribution in [0.25, 0.3) is 0 Å². The molecule has 0 unspecified atom stereocenters. The number of carbonyl (C=O) groups excluding carboxylic acids is 1. The summed E-state index contributed by atoms with van der Waals surface area (Å²) in [5.74, 6) is -0.0567. The summed E-state index contributed by atoms with van der Waals surface area (Å²) in [4.78, 5) is 12.4. The van der Waals surface area contributed by atoms with Gasteiger partial charge < -0.3 is 14.8 Å². The quantitative estimate of drug-likeness (QED) is 0.796. The van der Waals surface area contributed by atoms with Gasteiger partial charge in [-0.1, -0.05) is 6.08 Å². The zero-order chi connectivity index (χ0) is 14.3. The Morgan fingerprint density at radius 3 is 2.58 bits per heavy atom. The Kier molecular flexibility index (Phi) is 3.76. The maximum atomic E-state index is 12.4. The van der Waals surface area contributed by atoms with Crippen molar-refractivity contribution in [1.82, 2.24) is 5.32 Å². The molecule has 2 aliphatic rings. The van der Waals surface area contributed by atoms with Crippen molar-refractivity contribution in [2.45, 2.75) is 63.9 Å². The topological polar surface area (TPSA) is 47.6 Å². The number of amides is 1. The zero-order valence-electron chi connectivity index (χ0n) is 12.4. The Bertz CT molecular complexity index is 376. The van der Waals surface area contributed by atoms with Crippen molar-refractivity contribution in [1.29, 1.82) is 0 Å². The Morgan fingerprint density at radius 1 is 1.37 bits per heavy atom. The maximum Gasteiger partial charge on any atom is 0.226 e. The standard InChI is InChI=1S/C15H25NO3/c1-6-11-10(7-8-18-11)13(17)16-12-9-14(2,3)19-15(12,4)5/h6,10-12H,1,7-9H2,2-5H3,(H,16,17)/t10-,11+,12+/m1/s1. The fraction of sp³-hybridized carbons (Fsp3) is 0.800. The fourth-order valence-corrected chi connectivity index (χ4v) is 3.19. The largest absolute Gasteiger partial charge is 0.373 e. The molecule has 108 valence electrons. The Hall–Kier alpha value is -0.870. The summed E-state index contributed by atoms with van der Waals surface area (Å²) < 4.78 is 11.5. The minimum atomic E-state index is -0.331. The summed E-state index contributed by atoms with van der Waals surface area (Å²) in [6, 6.07) is 0.0427. The van der Waals surface area contributed by atoms with E-state index in [0.29, 0.717) is 6.61 Å². The van der Waals surface area contributed by atoms with Gasteiger partial charge in [0.1, 0.15) is 0 Å². The van der Waals surface area contributed by atoms with Crippen molar-refractivity contribution in [3.63, 3.8) is 0 Å². The SMILES string of the molecule is C=C[C@@H]1OCC[C@H]1C(=O)N[C@H]1CC(C)(C)OC1(C)C. The van der Waals surface area contributed by atoms with Crippen LogP contribution in [0.2, 0.25) is 0 Å². The van der Waals surface area contributed by atoms with Gasteiger partial charge in [0.2, 0.25) is 5.91 Å². The van der Waals surface area contributed by atoms with Gasteiger partial charge in [-0.05, 0) is 40.5 Å². The van der Waals surface area contributed by atoms with Gasteiger partial charge in [-0.25, -0.2) is 0 Å². The van der Waals surface area contributed by atoms with Crippen LogP contribution in [0.4, 0.5) is 0 Å². The monoisotopic (exact) mass is 267 g/mol. The van der Waals surface area contributed by atoms with E-state index >= 15 is 0 Å². The summed E-state index contributed by atoms with van der Waals surface area (Å²) in [6.45, 7) is 12.5. The first-order chi connectivity index (χ1) is 8.75. The molecule has 0 radical (unpaired) electrons. The molecule has 1 N–H and O–H groups in total. The molecule has 2 saturated heterocycles. The summed E-state index contributed by atoms with van der Waals surface area (Å²) >= 11 is 0. The van der Waals surface area contributed by atoms with Gasteiger partial charge in [-0.3, -0.25) is 4.79 Å². The lowest BCUT2D eigenvalue weighted by molar-refractivity contribution is -0.128. The molecule has 2 heterocycles. The van der Waals surface area contributed by atoms with E-state index < -0.39 is 0 Å². The van der Waals surface area contributed by atoms with Crippen LogP contribution in [-0.2, 0) is 14.3 Å². The second kappa shape index (κ2) is 4.91. The highest BCUT2D eigenvalue weighted by Gasteiger charge is 2.47. The molecule has 0 spiro atoms. The van der Waals surface area contributed by atoms with Crippen LogP contribution in [0.15, 0.2) is 12.7 Å². The number of rotatable bonds is 3. The van der Waals surface area contributed by atoms with Crippen LogP contribution in [-0.4, -0.2) is 35.9 Å². The second-order valence-electron chi connectivity index (χ2n) is 6.70. The molecule has 4 heteroatoms. The van der Waals surface area contributed by atoms with Gasteiger partial charge in [0.15, 0.2) is 0 Å². The molecule has 2 rings (SSSR count). The molecule has 2 fully saturated rings. The minimum absolute atomic E-state index is 0.0427. The number of hydrogen-bond donors (Lipinski definition) is 1. The van der Waals surface area contributed by atoms with E-state index in [-0.39, 0.29) is 35.2 Å². The van der Waals surface area contributed by atoms with Gasteiger partial charge in [-0.15, -0.1) is 6.58 Å². The Labute approximate surface area is 115 Å². The second-order valence-corrected chi connectivity index (χ2v) is 6.70. The molecular formula is C15H25NO3. The number of ether oxygens (including phenoxy) is 2. The van der Waals surface area contributed by atoms with Gasteiger partial charge in [0.05, 0.1) is 29.3 Å². The number of hydrogen-bond acceptors (Lipinski definition) is 3. The van der Waals surface area contributed by atoms with E-state index in [1.807, 2.05) is 13.8 Å². The third-order valence-electron chi connectivity index (χ3n) is 4.10. The first-order valence-electron chi connectivity index (χ1n) is 7.00. The van der Waals surface area contributed by atoms with E-state index in [1.165, 1.54) is 0 Å². The molecule has 3 atom stereocenters. The number of carbonyl (C=O) groups is 1.